The fourth-order valence-corrected chi connectivity index (χ4v) is 6.09. The van der Waals surface area contributed by atoms with E-state index in [0.29, 0.717) is 12.8 Å². The van der Waals surface area contributed by atoms with Crippen LogP contribution < -0.4 is 0 Å². The first-order chi connectivity index (χ1) is 22.8. The molecule has 1 N–H and O–H groups in total. The lowest BCUT2D eigenvalue weighted by Crippen LogP contribution is -2.28. The van der Waals surface area contributed by atoms with Gasteiger partial charge in [0.15, 0.2) is 6.10 Å². The van der Waals surface area contributed by atoms with Crippen molar-refractivity contribution in [3.05, 3.63) is 45.8 Å². The number of esters is 2. The molecule has 47 heavy (non-hydrogen) atoms. The van der Waals surface area contributed by atoms with E-state index >= 15 is 0 Å². The van der Waals surface area contributed by atoms with Gasteiger partial charge in [-0.15, -0.1) is 0 Å². The Morgan fingerprint density at radius 2 is 1.17 bits per heavy atom. The maximum absolute atomic E-state index is 12.2. The molecule has 0 aliphatic carbocycles. The van der Waals surface area contributed by atoms with Gasteiger partial charge in [0.1, 0.15) is 29.6 Å². The van der Waals surface area contributed by atoms with Gasteiger partial charge in [0, 0.05) is 38.5 Å². The summed E-state index contributed by atoms with van der Waals surface area (Å²) in [7, 11) is 0. The zero-order valence-electron chi connectivity index (χ0n) is 30.5. The summed E-state index contributed by atoms with van der Waals surface area (Å²) in [5.41, 5.74) is 3.90. The second-order valence-corrected chi connectivity index (χ2v) is 13.4. The Bertz CT molecular complexity index is 1130. The van der Waals surface area contributed by atoms with Crippen LogP contribution in [0.15, 0.2) is 14.9 Å². The number of aliphatic hydroxyl groups excluding tert-OH is 1. The molecule has 0 fully saturated rings. The third-order valence-corrected chi connectivity index (χ3v) is 9.22. The normalized spacial score (nSPS) is 12.0. The Morgan fingerprint density at radius 3 is 1.77 bits per heavy atom. The van der Waals surface area contributed by atoms with Gasteiger partial charge in [-0.3, -0.25) is 9.59 Å². The van der Waals surface area contributed by atoms with Gasteiger partial charge in [-0.1, -0.05) is 78.1 Å². The number of hydrogen-bond acceptors (Lipinski definition) is 7. The molecule has 0 saturated heterocycles. The smallest absolute Gasteiger partial charge is 0.306 e. The van der Waals surface area contributed by atoms with Crippen LogP contribution in [0.4, 0.5) is 0 Å². The first-order valence-corrected chi connectivity index (χ1v) is 18.9. The summed E-state index contributed by atoms with van der Waals surface area (Å²) in [6.07, 6.45) is 21.2. The maximum Gasteiger partial charge on any atom is 0.306 e. The van der Waals surface area contributed by atoms with Crippen molar-refractivity contribution in [3.8, 4) is 0 Å². The molecule has 0 saturated carbocycles. The van der Waals surface area contributed by atoms with Crippen molar-refractivity contribution in [2.45, 2.75) is 182 Å². The molecule has 0 unspecified atom stereocenters. The summed E-state index contributed by atoms with van der Waals surface area (Å²) >= 11 is 0. The van der Waals surface area contributed by atoms with E-state index in [2.05, 4.69) is 40.7 Å². The molecular formula is C40H66O7. The third kappa shape index (κ3) is 16.9. The van der Waals surface area contributed by atoms with Crippen molar-refractivity contribution in [2.75, 3.05) is 13.2 Å². The van der Waals surface area contributed by atoms with Crippen LogP contribution in [0.25, 0.3) is 0 Å². The number of carbonyl (C=O) groups is 2. The first kappa shape index (κ1) is 40.6. The summed E-state index contributed by atoms with van der Waals surface area (Å²) in [5, 5.41) is 9.59. The largest absolute Gasteiger partial charge is 0.466 e. The van der Waals surface area contributed by atoms with E-state index in [4.69, 9.17) is 18.3 Å². The highest BCUT2D eigenvalue weighted by Crippen LogP contribution is 2.25. The Morgan fingerprint density at radius 1 is 0.638 bits per heavy atom. The van der Waals surface area contributed by atoms with Crippen LogP contribution in [-0.2, 0) is 44.7 Å². The summed E-state index contributed by atoms with van der Waals surface area (Å²) < 4.78 is 22.8. The molecule has 2 aromatic rings. The number of carbonyl (C=O) groups excluding carboxylic acids is 2. The van der Waals surface area contributed by atoms with Gasteiger partial charge in [-0.2, -0.15) is 0 Å². The molecule has 7 heteroatoms. The summed E-state index contributed by atoms with van der Waals surface area (Å²) in [4.78, 5) is 24.4. The monoisotopic (exact) mass is 658 g/mol. The minimum atomic E-state index is -0.803. The molecule has 2 aromatic heterocycles. The molecule has 0 radical (unpaired) electrons. The Kier molecular flexibility index (Phi) is 21.3. The molecule has 0 amide bonds. The quantitative estimate of drug-likeness (QED) is 0.0717. The predicted octanol–water partition coefficient (Wildman–Crippen LogP) is 10.2. The Hall–Kier alpha value is -2.54. The SMILES string of the molecule is CCCCCc1cc(C)c(CCCCCCCCC(=O)OC[C@H](CO)OC(=O)CCCCCCCCc2oc(CCC)c(C)c2C)o1. The lowest BCUT2D eigenvalue weighted by molar-refractivity contribution is -0.161. The molecule has 1 atom stereocenters. The van der Waals surface area contributed by atoms with Crippen LogP contribution in [0, 0.1) is 20.8 Å². The fraction of sp³-hybridized carbons (Fsp3) is 0.750. The number of unbranched alkanes of at least 4 members (excludes halogenated alkanes) is 12. The molecule has 2 rings (SSSR count). The summed E-state index contributed by atoms with van der Waals surface area (Å²) in [5.74, 6) is 3.90. The number of hydrogen-bond donors (Lipinski definition) is 1. The Labute approximate surface area is 285 Å². The summed E-state index contributed by atoms with van der Waals surface area (Å²) in [6, 6.07) is 2.20. The molecule has 0 spiro atoms. The van der Waals surface area contributed by atoms with Crippen LogP contribution in [0.3, 0.4) is 0 Å². The average Bonchev–Trinajstić information content (AvgIpc) is 3.54. The molecule has 268 valence electrons. The van der Waals surface area contributed by atoms with Crippen molar-refractivity contribution in [1.82, 2.24) is 0 Å². The zero-order valence-corrected chi connectivity index (χ0v) is 30.5. The molecule has 2 heterocycles. The molecule has 0 aliphatic rings. The topological polar surface area (TPSA) is 99.1 Å². The van der Waals surface area contributed by atoms with E-state index < -0.39 is 6.10 Å². The number of aliphatic hydroxyl groups is 1. The highest BCUT2D eigenvalue weighted by molar-refractivity contribution is 5.70. The second kappa shape index (κ2) is 24.6. The van der Waals surface area contributed by atoms with Crippen LogP contribution in [0.1, 0.15) is 169 Å². The van der Waals surface area contributed by atoms with E-state index in [1.807, 2.05) is 0 Å². The highest BCUT2D eigenvalue weighted by atomic mass is 16.6. The molecular weight excluding hydrogens is 592 g/mol. The van der Waals surface area contributed by atoms with Gasteiger partial charge in [0.05, 0.1) is 6.61 Å². The third-order valence-electron chi connectivity index (χ3n) is 9.22. The van der Waals surface area contributed by atoms with Gasteiger partial charge in [-0.05, 0) is 82.1 Å². The van der Waals surface area contributed by atoms with Crippen LogP contribution >= 0.6 is 0 Å². The van der Waals surface area contributed by atoms with E-state index in [1.54, 1.807) is 0 Å². The Balaban J connectivity index is 1.43. The van der Waals surface area contributed by atoms with Gasteiger partial charge in [0.2, 0.25) is 0 Å². The molecule has 0 bridgehead atoms. The van der Waals surface area contributed by atoms with Crippen LogP contribution in [0.5, 0.6) is 0 Å². The minimum absolute atomic E-state index is 0.0950. The van der Waals surface area contributed by atoms with Gasteiger partial charge >= 0.3 is 11.9 Å². The van der Waals surface area contributed by atoms with Crippen molar-refractivity contribution in [3.63, 3.8) is 0 Å². The molecule has 0 aromatic carbocycles. The van der Waals surface area contributed by atoms with Crippen LogP contribution in [-0.4, -0.2) is 36.4 Å². The van der Waals surface area contributed by atoms with Crippen LogP contribution in [0.2, 0.25) is 0 Å². The maximum atomic E-state index is 12.2. The van der Waals surface area contributed by atoms with Gasteiger partial charge in [-0.25, -0.2) is 0 Å². The number of rotatable bonds is 28. The van der Waals surface area contributed by atoms with E-state index in [1.165, 1.54) is 36.0 Å². The standard InChI is InChI=1S/C40H66O7/c1-6-8-17-23-34-28-31(3)36(45-34)24-18-13-9-11-15-20-26-39(42)44-30-35(29-41)46-40(43)27-21-16-12-10-14-19-25-38-33(5)32(4)37(47-38)22-7-2/h28,35,41H,6-27,29-30H2,1-5H3/t35-/m0/s1. The van der Waals surface area contributed by atoms with E-state index in [-0.39, 0.29) is 25.2 Å². The number of ether oxygens (including phenoxy) is 2. The van der Waals surface area contributed by atoms with Crippen molar-refractivity contribution in [2.24, 2.45) is 0 Å². The summed E-state index contributed by atoms with van der Waals surface area (Å²) in [6.45, 7) is 10.4. The van der Waals surface area contributed by atoms with Crippen molar-refractivity contribution < 1.29 is 33.0 Å². The van der Waals surface area contributed by atoms with Crippen molar-refractivity contribution >= 4 is 11.9 Å². The fourth-order valence-electron chi connectivity index (χ4n) is 6.09. The second-order valence-electron chi connectivity index (χ2n) is 13.4. The molecule has 0 aliphatic heterocycles. The van der Waals surface area contributed by atoms with E-state index in [0.717, 1.165) is 132 Å². The first-order valence-electron chi connectivity index (χ1n) is 18.9. The highest BCUT2D eigenvalue weighted by Gasteiger charge is 2.16. The average molecular weight is 659 g/mol. The lowest BCUT2D eigenvalue weighted by atomic mass is 10.0. The van der Waals surface area contributed by atoms with Gasteiger partial charge in [0.25, 0.3) is 0 Å². The minimum Gasteiger partial charge on any atom is -0.466 e. The van der Waals surface area contributed by atoms with E-state index in [9.17, 15) is 14.7 Å². The zero-order chi connectivity index (χ0) is 34.3. The number of furan rings is 2. The van der Waals surface area contributed by atoms with Crippen molar-refractivity contribution in [1.29, 1.82) is 0 Å². The molecule has 7 nitrogen and oxygen atoms in total. The lowest BCUT2D eigenvalue weighted by Gasteiger charge is -2.15. The van der Waals surface area contributed by atoms with Gasteiger partial charge < -0.3 is 23.4 Å². The number of aryl methyl sites for hydroxylation is 5. The predicted molar refractivity (Wildman–Crippen MR) is 189 cm³/mol.